The van der Waals surface area contributed by atoms with E-state index in [1.165, 1.54) is 10.5 Å². The van der Waals surface area contributed by atoms with Crippen molar-refractivity contribution in [2.75, 3.05) is 19.4 Å². The molecule has 1 heterocycles. The zero-order valence-corrected chi connectivity index (χ0v) is 13.3. The van der Waals surface area contributed by atoms with Gasteiger partial charge in [0.25, 0.3) is 5.91 Å². The molecule has 0 spiro atoms. The highest BCUT2D eigenvalue weighted by molar-refractivity contribution is 7.08. The van der Waals surface area contributed by atoms with Gasteiger partial charge in [0.2, 0.25) is 0 Å². The van der Waals surface area contributed by atoms with Gasteiger partial charge in [0, 0.05) is 25.8 Å². The summed E-state index contributed by atoms with van der Waals surface area (Å²) in [5, 5.41) is 8.02. The van der Waals surface area contributed by atoms with Crippen LogP contribution < -0.4 is 5.32 Å². The van der Waals surface area contributed by atoms with Gasteiger partial charge >= 0.3 is 0 Å². The Kier molecular flexibility index (Phi) is 4.68. The van der Waals surface area contributed by atoms with Crippen molar-refractivity contribution in [2.24, 2.45) is 0 Å². The van der Waals surface area contributed by atoms with Crippen LogP contribution in [0, 0.1) is 0 Å². The molecule has 0 aliphatic rings. The van der Waals surface area contributed by atoms with Crippen molar-refractivity contribution in [2.45, 2.75) is 13.0 Å². The summed E-state index contributed by atoms with van der Waals surface area (Å²) >= 11 is 7.77. The lowest BCUT2D eigenvalue weighted by atomic mass is 10.1. The molecule has 1 atom stereocenters. The molecule has 0 aliphatic carbocycles. The van der Waals surface area contributed by atoms with Crippen LogP contribution in [0.25, 0.3) is 0 Å². The molecule has 0 saturated heterocycles. The summed E-state index contributed by atoms with van der Waals surface area (Å²) in [6, 6.07) is 7.71. The molecule has 1 aromatic heterocycles. The molecule has 5 heteroatoms. The Balaban J connectivity index is 2.21. The lowest BCUT2D eigenvalue weighted by molar-refractivity contribution is 0.0828. The number of amides is 1. The molecule has 0 fully saturated rings. The van der Waals surface area contributed by atoms with E-state index in [1.54, 1.807) is 37.6 Å². The highest BCUT2D eigenvalue weighted by atomic mass is 35.5. The molecule has 0 bridgehead atoms. The minimum Gasteiger partial charge on any atom is -0.378 e. The van der Waals surface area contributed by atoms with Gasteiger partial charge in [-0.2, -0.15) is 11.3 Å². The molecule has 0 aliphatic heterocycles. The molecule has 0 radical (unpaired) electrons. The third-order valence-electron chi connectivity index (χ3n) is 3.03. The SMILES string of the molecule is CC(Nc1ccc(Cl)c(C(=O)N(C)C)c1)c1ccsc1. The number of carbonyl (C=O) groups is 1. The van der Waals surface area contributed by atoms with Gasteiger partial charge in [-0.25, -0.2) is 0 Å². The molecule has 0 saturated carbocycles. The molecular formula is C15H17ClN2OS. The van der Waals surface area contributed by atoms with E-state index in [4.69, 9.17) is 11.6 Å². The zero-order valence-electron chi connectivity index (χ0n) is 11.7. The topological polar surface area (TPSA) is 32.3 Å². The maximum atomic E-state index is 12.0. The Bertz CT molecular complexity index is 596. The van der Waals surface area contributed by atoms with Crippen LogP contribution in [-0.2, 0) is 0 Å². The van der Waals surface area contributed by atoms with E-state index in [-0.39, 0.29) is 11.9 Å². The van der Waals surface area contributed by atoms with Crippen molar-refractivity contribution in [3.8, 4) is 0 Å². The third-order valence-corrected chi connectivity index (χ3v) is 4.06. The maximum absolute atomic E-state index is 12.0. The van der Waals surface area contributed by atoms with Gasteiger partial charge in [0.1, 0.15) is 0 Å². The van der Waals surface area contributed by atoms with Gasteiger partial charge in [0.15, 0.2) is 0 Å². The fourth-order valence-electron chi connectivity index (χ4n) is 1.87. The van der Waals surface area contributed by atoms with Crippen molar-refractivity contribution in [3.05, 3.63) is 51.2 Å². The fraction of sp³-hybridized carbons (Fsp3) is 0.267. The summed E-state index contributed by atoms with van der Waals surface area (Å²) in [7, 11) is 3.43. The van der Waals surface area contributed by atoms with Gasteiger partial charge in [-0.3, -0.25) is 4.79 Å². The average Bonchev–Trinajstić information content (AvgIpc) is 2.94. The largest absolute Gasteiger partial charge is 0.378 e. The first kappa shape index (κ1) is 14.9. The van der Waals surface area contributed by atoms with Crippen molar-refractivity contribution in [1.82, 2.24) is 4.90 Å². The highest BCUT2D eigenvalue weighted by Gasteiger charge is 2.14. The quantitative estimate of drug-likeness (QED) is 0.914. The van der Waals surface area contributed by atoms with Gasteiger partial charge in [-0.1, -0.05) is 11.6 Å². The lowest BCUT2D eigenvalue weighted by Crippen LogP contribution is -2.22. The van der Waals surface area contributed by atoms with Crippen molar-refractivity contribution in [1.29, 1.82) is 0 Å². The van der Waals surface area contributed by atoms with Gasteiger partial charge in [0.05, 0.1) is 10.6 Å². The number of hydrogen-bond acceptors (Lipinski definition) is 3. The Morgan fingerprint density at radius 3 is 2.70 bits per heavy atom. The zero-order chi connectivity index (χ0) is 14.7. The fourth-order valence-corrected chi connectivity index (χ4v) is 2.83. The molecule has 2 aromatic rings. The van der Waals surface area contributed by atoms with Crippen molar-refractivity contribution in [3.63, 3.8) is 0 Å². The molecule has 3 nitrogen and oxygen atoms in total. The Labute approximate surface area is 128 Å². The first-order valence-corrected chi connectivity index (χ1v) is 7.61. The number of halogens is 1. The molecule has 1 amide bonds. The summed E-state index contributed by atoms with van der Waals surface area (Å²) in [5.41, 5.74) is 2.63. The summed E-state index contributed by atoms with van der Waals surface area (Å²) < 4.78 is 0. The second kappa shape index (κ2) is 6.29. The smallest absolute Gasteiger partial charge is 0.254 e. The van der Waals surface area contributed by atoms with Crippen LogP contribution >= 0.6 is 22.9 Å². The minimum atomic E-state index is -0.0955. The van der Waals surface area contributed by atoms with Crippen LogP contribution in [0.2, 0.25) is 5.02 Å². The predicted molar refractivity (Wildman–Crippen MR) is 85.8 cm³/mol. The van der Waals surface area contributed by atoms with Crippen molar-refractivity contribution < 1.29 is 4.79 Å². The number of nitrogens with zero attached hydrogens (tertiary/aromatic N) is 1. The molecule has 1 aromatic carbocycles. The Morgan fingerprint density at radius 1 is 1.35 bits per heavy atom. The number of thiophene rings is 1. The molecule has 2 rings (SSSR count). The van der Waals surface area contributed by atoms with E-state index < -0.39 is 0 Å². The summed E-state index contributed by atoms with van der Waals surface area (Å²) in [5.74, 6) is -0.0955. The van der Waals surface area contributed by atoms with Gasteiger partial charge < -0.3 is 10.2 Å². The standard InChI is InChI=1S/C15H17ClN2OS/c1-10(11-6-7-20-9-11)17-12-4-5-14(16)13(8-12)15(19)18(2)3/h4-10,17H,1-3H3. The number of nitrogens with one attached hydrogen (secondary N) is 1. The van der Waals surface area contributed by atoms with E-state index in [1.807, 2.05) is 6.07 Å². The monoisotopic (exact) mass is 308 g/mol. The minimum absolute atomic E-state index is 0.0955. The normalized spacial score (nSPS) is 12.0. The Morgan fingerprint density at radius 2 is 2.10 bits per heavy atom. The van der Waals surface area contributed by atoms with Crippen LogP contribution in [0.3, 0.4) is 0 Å². The number of anilines is 1. The second-order valence-electron chi connectivity index (χ2n) is 4.82. The maximum Gasteiger partial charge on any atom is 0.254 e. The number of rotatable bonds is 4. The van der Waals surface area contributed by atoms with Crippen LogP contribution in [0.15, 0.2) is 35.0 Å². The van der Waals surface area contributed by atoms with Crippen LogP contribution in [-0.4, -0.2) is 24.9 Å². The molecule has 1 unspecified atom stereocenters. The lowest BCUT2D eigenvalue weighted by Gasteiger charge is -2.17. The van der Waals surface area contributed by atoms with Crippen molar-refractivity contribution >= 4 is 34.5 Å². The first-order chi connectivity index (χ1) is 9.49. The average molecular weight is 309 g/mol. The van der Waals surface area contributed by atoms with Gasteiger partial charge in [-0.05, 0) is 47.5 Å². The predicted octanol–water partition coefficient (Wildman–Crippen LogP) is 4.28. The summed E-state index contributed by atoms with van der Waals surface area (Å²) in [4.78, 5) is 13.6. The van der Waals surface area contributed by atoms with E-state index in [0.29, 0.717) is 10.6 Å². The third kappa shape index (κ3) is 3.32. The first-order valence-electron chi connectivity index (χ1n) is 6.29. The highest BCUT2D eigenvalue weighted by Crippen LogP contribution is 2.25. The molecule has 1 N–H and O–H groups in total. The van der Waals surface area contributed by atoms with Crippen LogP contribution in [0.1, 0.15) is 28.9 Å². The summed E-state index contributed by atoms with van der Waals surface area (Å²) in [6.45, 7) is 2.09. The number of carbonyl (C=O) groups excluding carboxylic acids is 1. The van der Waals surface area contributed by atoms with E-state index in [9.17, 15) is 4.79 Å². The van der Waals surface area contributed by atoms with Crippen LogP contribution in [0.4, 0.5) is 5.69 Å². The van der Waals surface area contributed by atoms with Crippen LogP contribution in [0.5, 0.6) is 0 Å². The second-order valence-corrected chi connectivity index (χ2v) is 6.00. The van der Waals surface area contributed by atoms with Gasteiger partial charge in [-0.15, -0.1) is 0 Å². The summed E-state index contributed by atoms with van der Waals surface area (Å²) in [6.07, 6.45) is 0. The molecule has 20 heavy (non-hydrogen) atoms. The Hall–Kier alpha value is -1.52. The molecular weight excluding hydrogens is 292 g/mol. The molecule has 106 valence electrons. The number of benzene rings is 1. The van der Waals surface area contributed by atoms with E-state index in [0.717, 1.165) is 5.69 Å². The van der Waals surface area contributed by atoms with E-state index in [2.05, 4.69) is 29.1 Å². The van der Waals surface area contributed by atoms with E-state index >= 15 is 0 Å². The number of hydrogen-bond donors (Lipinski definition) is 1.